The Labute approximate surface area is 171 Å². The molecule has 2 rings (SSSR count). The number of carbonyl (C=O) groups excluding carboxylic acids is 2. The van der Waals surface area contributed by atoms with Gasteiger partial charge in [0.05, 0.1) is 5.69 Å². The van der Waals surface area contributed by atoms with Crippen LogP contribution in [0.5, 0.6) is 0 Å². The molecule has 0 radical (unpaired) electrons. The van der Waals surface area contributed by atoms with Crippen molar-refractivity contribution in [3.05, 3.63) is 41.6 Å². The number of nitrogens with two attached hydrogens (primary N) is 1. The first kappa shape index (κ1) is 23.0. The summed E-state index contributed by atoms with van der Waals surface area (Å²) in [5, 5.41) is 8.56. The fourth-order valence-corrected chi connectivity index (χ4v) is 2.43. The summed E-state index contributed by atoms with van der Waals surface area (Å²) in [5.41, 5.74) is 4.78. The molecule has 1 aromatic heterocycles. The predicted octanol–water partition coefficient (Wildman–Crippen LogP) is 3.00. The Bertz CT molecular complexity index is 919. The van der Waals surface area contributed by atoms with E-state index in [9.17, 15) is 22.8 Å². The summed E-state index contributed by atoms with van der Waals surface area (Å²) >= 11 is 0. The first-order valence-electron chi connectivity index (χ1n) is 9.05. The molecule has 0 bridgehead atoms. The van der Waals surface area contributed by atoms with Gasteiger partial charge in [0.15, 0.2) is 5.69 Å². The van der Waals surface area contributed by atoms with E-state index in [0.29, 0.717) is 11.3 Å². The summed E-state index contributed by atoms with van der Waals surface area (Å²) in [7, 11) is 0. The van der Waals surface area contributed by atoms with Gasteiger partial charge in [-0.15, -0.1) is 0 Å². The van der Waals surface area contributed by atoms with Gasteiger partial charge in [-0.1, -0.05) is 12.1 Å². The molecule has 0 aliphatic heterocycles. The minimum atomic E-state index is -4.61. The molecule has 2 amide bonds. The van der Waals surface area contributed by atoms with Gasteiger partial charge in [0, 0.05) is 12.6 Å². The minimum absolute atomic E-state index is 0.0836. The van der Waals surface area contributed by atoms with Crippen molar-refractivity contribution in [2.24, 2.45) is 0 Å². The summed E-state index contributed by atoms with van der Waals surface area (Å²) in [6, 6.07) is 6.28. The van der Waals surface area contributed by atoms with Crippen molar-refractivity contribution in [2.45, 2.75) is 52.1 Å². The third-order valence-corrected chi connectivity index (χ3v) is 3.78. The molecule has 2 aromatic rings. The zero-order valence-corrected chi connectivity index (χ0v) is 17.0. The van der Waals surface area contributed by atoms with E-state index < -0.39 is 35.5 Å². The number of nitrogens with one attached hydrogen (secondary N) is 2. The zero-order chi connectivity index (χ0) is 22.7. The molecule has 164 valence electrons. The van der Waals surface area contributed by atoms with Gasteiger partial charge in [-0.2, -0.15) is 18.3 Å². The second-order valence-electron chi connectivity index (χ2n) is 7.62. The van der Waals surface area contributed by atoms with Crippen LogP contribution in [-0.4, -0.2) is 33.4 Å². The number of anilines is 1. The highest BCUT2D eigenvalue weighted by atomic mass is 19.4. The van der Waals surface area contributed by atoms with Gasteiger partial charge in [-0.3, -0.25) is 4.79 Å². The highest BCUT2D eigenvalue weighted by Crippen LogP contribution is 2.30. The van der Waals surface area contributed by atoms with Gasteiger partial charge in [0.2, 0.25) is 5.91 Å². The fraction of sp³-hybridized carbons (Fsp3) is 0.421. The van der Waals surface area contributed by atoms with E-state index in [1.807, 2.05) is 0 Å². The summed E-state index contributed by atoms with van der Waals surface area (Å²) < 4.78 is 44.5. The highest BCUT2D eigenvalue weighted by molar-refractivity contribution is 5.85. The number of hydrogen-bond donors (Lipinski definition) is 3. The molecule has 1 aromatic carbocycles. The molecule has 30 heavy (non-hydrogen) atoms. The van der Waals surface area contributed by atoms with Crippen LogP contribution < -0.4 is 16.4 Å². The van der Waals surface area contributed by atoms with Crippen LogP contribution in [0, 0.1) is 0 Å². The molecule has 1 heterocycles. The predicted molar refractivity (Wildman–Crippen MR) is 104 cm³/mol. The number of hydrogen-bond acceptors (Lipinski definition) is 5. The number of aromatic nitrogens is 2. The average Bonchev–Trinajstić information content (AvgIpc) is 3.00. The Morgan fingerprint density at radius 1 is 1.23 bits per heavy atom. The lowest BCUT2D eigenvalue weighted by Crippen LogP contribution is -2.46. The van der Waals surface area contributed by atoms with E-state index in [1.165, 1.54) is 6.92 Å². The fourth-order valence-electron chi connectivity index (χ4n) is 2.43. The molecule has 0 spiro atoms. The van der Waals surface area contributed by atoms with Gasteiger partial charge in [0.25, 0.3) is 0 Å². The second kappa shape index (κ2) is 8.64. The number of alkyl carbamates (subject to hydrolysis) is 1. The molecule has 11 heteroatoms. The summed E-state index contributed by atoms with van der Waals surface area (Å²) in [5.74, 6) is -0.622. The SMILES string of the molecule is C[C@H](NC(=O)OC(C)(C)C)C(=O)NCc1cccc(-n2nc(C(F)(F)F)cc2N)c1. The lowest BCUT2D eigenvalue weighted by atomic mass is 10.2. The number of nitrogen functional groups attached to an aromatic ring is 1. The van der Waals surface area contributed by atoms with Crippen LogP contribution >= 0.6 is 0 Å². The van der Waals surface area contributed by atoms with E-state index in [0.717, 1.165) is 10.7 Å². The van der Waals surface area contributed by atoms with Gasteiger partial charge in [-0.25, -0.2) is 9.48 Å². The van der Waals surface area contributed by atoms with Crippen LogP contribution in [0.1, 0.15) is 39.0 Å². The van der Waals surface area contributed by atoms with E-state index in [-0.39, 0.29) is 12.4 Å². The quantitative estimate of drug-likeness (QED) is 0.679. The van der Waals surface area contributed by atoms with Gasteiger partial charge < -0.3 is 21.1 Å². The van der Waals surface area contributed by atoms with E-state index in [1.54, 1.807) is 45.0 Å². The van der Waals surface area contributed by atoms with Crippen molar-refractivity contribution < 1.29 is 27.5 Å². The lowest BCUT2D eigenvalue weighted by Gasteiger charge is -2.21. The smallest absolute Gasteiger partial charge is 0.435 e. The summed E-state index contributed by atoms with van der Waals surface area (Å²) in [6.45, 7) is 6.69. The van der Waals surface area contributed by atoms with Crippen molar-refractivity contribution in [3.63, 3.8) is 0 Å². The number of alkyl halides is 3. The van der Waals surface area contributed by atoms with Crippen LogP contribution in [0.3, 0.4) is 0 Å². The molecule has 0 saturated carbocycles. The van der Waals surface area contributed by atoms with Crippen molar-refractivity contribution in [3.8, 4) is 5.69 Å². The number of carbonyl (C=O) groups is 2. The minimum Gasteiger partial charge on any atom is -0.444 e. The van der Waals surface area contributed by atoms with Crippen LogP contribution in [-0.2, 0) is 22.3 Å². The van der Waals surface area contributed by atoms with Crippen LogP contribution in [0.15, 0.2) is 30.3 Å². The van der Waals surface area contributed by atoms with Crippen molar-refractivity contribution in [1.82, 2.24) is 20.4 Å². The Balaban J connectivity index is 2.02. The monoisotopic (exact) mass is 427 g/mol. The molecule has 0 aliphatic carbocycles. The first-order valence-corrected chi connectivity index (χ1v) is 9.05. The van der Waals surface area contributed by atoms with Crippen LogP contribution in [0.25, 0.3) is 5.69 Å². The Morgan fingerprint density at radius 2 is 1.90 bits per heavy atom. The number of halogens is 3. The molecule has 4 N–H and O–H groups in total. The maximum atomic E-state index is 12.8. The van der Waals surface area contributed by atoms with Crippen molar-refractivity contribution in [2.75, 3.05) is 5.73 Å². The largest absolute Gasteiger partial charge is 0.444 e. The first-order chi connectivity index (χ1) is 13.8. The molecule has 0 aliphatic rings. The molecular formula is C19H24F3N5O3. The topological polar surface area (TPSA) is 111 Å². The number of amides is 2. The van der Waals surface area contributed by atoms with Crippen molar-refractivity contribution >= 4 is 17.8 Å². The van der Waals surface area contributed by atoms with Crippen LogP contribution in [0.4, 0.5) is 23.8 Å². The third kappa shape index (κ3) is 6.39. The van der Waals surface area contributed by atoms with Crippen LogP contribution in [0.2, 0.25) is 0 Å². The summed E-state index contributed by atoms with van der Waals surface area (Å²) in [6.07, 6.45) is -5.33. The van der Waals surface area contributed by atoms with E-state index >= 15 is 0 Å². The lowest BCUT2D eigenvalue weighted by molar-refractivity contribution is -0.141. The average molecular weight is 427 g/mol. The number of benzene rings is 1. The van der Waals surface area contributed by atoms with Gasteiger partial charge >= 0.3 is 12.3 Å². The van der Waals surface area contributed by atoms with Crippen molar-refractivity contribution in [1.29, 1.82) is 0 Å². The molecule has 0 fully saturated rings. The number of rotatable bonds is 5. The Hall–Kier alpha value is -3.24. The van der Waals surface area contributed by atoms with Gasteiger partial charge in [-0.05, 0) is 45.4 Å². The van der Waals surface area contributed by atoms with E-state index in [2.05, 4.69) is 15.7 Å². The Kier molecular flexibility index (Phi) is 6.63. The molecule has 0 saturated heterocycles. The standard InChI is InChI=1S/C19H24F3N5O3/c1-11(25-17(29)30-18(2,3)4)16(28)24-10-12-6-5-7-13(8-12)27-15(23)9-14(26-27)19(20,21)22/h5-9,11H,10,23H2,1-4H3,(H,24,28)(H,25,29)/t11-/m0/s1. The van der Waals surface area contributed by atoms with E-state index in [4.69, 9.17) is 10.5 Å². The normalized spacial score (nSPS) is 12.9. The summed E-state index contributed by atoms with van der Waals surface area (Å²) in [4.78, 5) is 23.9. The molecular weight excluding hydrogens is 403 g/mol. The third-order valence-electron chi connectivity index (χ3n) is 3.78. The molecule has 1 atom stereocenters. The molecule has 0 unspecified atom stereocenters. The van der Waals surface area contributed by atoms with Gasteiger partial charge in [0.1, 0.15) is 17.5 Å². The zero-order valence-electron chi connectivity index (χ0n) is 17.0. The maximum absolute atomic E-state index is 12.8. The number of ether oxygens (including phenoxy) is 1. The second-order valence-corrected chi connectivity index (χ2v) is 7.62. The number of nitrogens with zero attached hydrogens (tertiary/aromatic N) is 2. The Morgan fingerprint density at radius 3 is 2.47 bits per heavy atom. The highest BCUT2D eigenvalue weighted by Gasteiger charge is 2.34. The molecule has 8 nitrogen and oxygen atoms in total. The maximum Gasteiger partial charge on any atom is 0.435 e.